The van der Waals surface area contributed by atoms with Crippen LogP contribution in [0.4, 0.5) is 5.82 Å². The first kappa shape index (κ1) is 18.2. The molecule has 3 aromatic rings. The Kier molecular flexibility index (Phi) is 6.05. The zero-order valence-electron chi connectivity index (χ0n) is 15.6. The highest BCUT2D eigenvalue weighted by Gasteiger charge is 2.20. The number of unbranched alkanes of at least 4 members (excludes halogenated alkanes) is 1. The molecule has 4 heteroatoms. The van der Waals surface area contributed by atoms with Gasteiger partial charge in [0.2, 0.25) is 5.91 Å². The fraction of sp³-hybridized carbons (Fsp3) is 0.364. The molecule has 0 saturated carbocycles. The second-order valence-electron chi connectivity index (χ2n) is 6.73. The fourth-order valence-electron chi connectivity index (χ4n) is 3.28. The van der Waals surface area contributed by atoms with E-state index in [0.717, 1.165) is 42.8 Å². The Morgan fingerprint density at radius 1 is 1.12 bits per heavy atom. The number of carbonyl (C=O) groups is 1. The largest absolute Gasteiger partial charge is 0.310 e. The number of nitrogens with one attached hydrogen (secondary N) is 1. The summed E-state index contributed by atoms with van der Waals surface area (Å²) in [6, 6.07) is 16.1. The van der Waals surface area contributed by atoms with Gasteiger partial charge in [0.15, 0.2) is 0 Å². The minimum absolute atomic E-state index is 0.0498. The van der Waals surface area contributed by atoms with Crippen LogP contribution in [0.25, 0.3) is 5.65 Å². The molecule has 0 radical (unpaired) electrons. The molecule has 0 saturated heterocycles. The van der Waals surface area contributed by atoms with E-state index in [1.54, 1.807) is 0 Å². The summed E-state index contributed by atoms with van der Waals surface area (Å²) in [5.74, 6) is 0.944. The molecular weight excluding hydrogens is 322 g/mol. The molecule has 26 heavy (non-hydrogen) atoms. The molecule has 0 bridgehead atoms. The highest BCUT2D eigenvalue weighted by Crippen LogP contribution is 2.23. The summed E-state index contributed by atoms with van der Waals surface area (Å²) in [4.78, 5) is 17.6. The van der Waals surface area contributed by atoms with Crippen molar-refractivity contribution >= 4 is 17.4 Å². The predicted octanol–water partition coefficient (Wildman–Crippen LogP) is 5.08. The van der Waals surface area contributed by atoms with Crippen molar-refractivity contribution in [2.75, 3.05) is 5.32 Å². The zero-order chi connectivity index (χ0) is 18.4. The van der Waals surface area contributed by atoms with Crippen molar-refractivity contribution in [1.82, 2.24) is 9.38 Å². The number of pyridine rings is 1. The predicted molar refractivity (Wildman–Crippen MR) is 106 cm³/mol. The molecule has 3 rings (SSSR count). The van der Waals surface area contributed by atoms with Gasteiger partial charge in [-0.15, -0.1) is 0 Å². The molecular formula is C22H27N3O. The molecule has 136 valence electrons. The zero-order valence-corrected chi connectivity index (χ0v) is 15.6. The molecule has 2 aromatic heterocycles. The number of fused-ring (bicyclic) bond motifs is 1. The minimum atomic E-state index is 0.0498. The number of hydrogen-bond donors (Lipinski definition) is 1. The molecule has 1 aromatic carbocycles. The van der Waals surface area contributed by atoms with Crippen LogP contribution in [0, 0.1) is 5.92 Å². The first-order chi connectivity index (χ1) is 12.7. The van der Waals surface area contributed by atoms with Crippen LogP contribution in [-0.4, -0.2) is 15.3 Å². The second-order valence-corrected chi connectivity index (χ2v) is 6.73. The fourth-order valence-corrected chi connectivity index (χ4v) is 3.28. The van der Waals surface area contributed by atoms with E-state index in [1.165, 1.54) is 5.56 Å². The Balaban J connectivity index is 1.90. The Labute approximate surface area is 155 Å². The highest BCUT2D eigenvalue weighted by molar-refractivity contribution is 5.92. The quantitative estimate of drug-likeness (QED) is 0.616. The summed E-state index contributed by atoms with van der Waals surface area (Å²) in [6.07, 6.45) is 6.64. The van der Waals surface area contributed by atoms with Gasteiger partial charge in [0.25, 0.3) is 0 Å². The van der Waals surface area contributed by atoms with Gasteiger partial charge in [-0.05, 0) is 30.5 Å². The summed E-state index contributed by atoms with van der Waals surface area (Å²) in [7, 11) is 0. The molecule has 0 unspecified atom stereocenters. The van der Waals surface area contributed by atoms with E-state index < -0.39 is 0 Å². The van der Waals surface area contributed by atoms with Crippen LogP contribution < -0.4 is 5.32 Å². The van der Waals surface area contributed by atoms with E-state index in [-0.39, 0.29) is 11.8 Å². The summed E-state index contributed by atoms with van der Waals surface area (Å²) in [6.45, 7) is 4.24. The van der Waals surface area contributed by atoms with Crippen molar-refractivity contribution < 1.29 is 4.79 Å². The first-order valence-electron chi connectivity index (χ1n) is 9.53. The van der Waals surface area contributed by atoms with Crippen LogP contribution in [0.15, 0.2) is 54.7 Å². The lowest BCUT2D eigenvalue weighted by molar-refractivity contribution is -0.120. The number of hydrogen-bond acceptors (Lipinski definition) is 2. The minimum Gasteiger partial charge on any atom is -0.310 e. The maximum Gasteiger partial charge on any atom is 0.228 e. The lowest BCUT2D eigenvalue weighted by Gasteiger charge is -2.15. The molecule has 1 atom stereocenters. The average Bonchev–Trinajstić information content (AvgIpc) is 3.00. The van der Waals surface area contributed by atoms with Crippen LogP contribution in [0.3, 0.4) is 0 Å². The number of amides is 1. The molecule has 0 aliphatic carbocycles. The van der Waals surface area contributed by atoms with Crippen molar-refractivity contribution in [3.63, 3.8) is 0 Å². The van der Waals surface area contributed by atoms with E-state index in [4.69, 9.17) is 4.98 Å². The third-order valence-electron chi connectivity index (χ3n) is 4.83. The van der Waals surface area contributed by atoms with Crippen LogP contribution in [-0.2, 0) is 11.2 Å². The van der Waals surface area contributed by atoms with Gasteiger partial charge in [-0.3, -0.25) is 9.20 Å². The van der Waals surface area contributed by atoms with E-state index in [0.29, 0.717) is 6.42 Å². The molecule has 0 spiro atoms. The molecule has 4 nitrogen and oxygen atoms in total. The van der Waals surface area contributed by atoms with Crippen LogP contribution in [0.2, 0.25) is 0 Å². The number of anilines is 1. The smallest absolute Gasteiger partial charge is 0.228 e. The van der Waals surface area contributed by atoms with Gasteiger partial charge in [0.1, 0.15) is 11.5 Å². The summed E-state index contributed by atoms with van der Waals surface area (Å²) in [5, 5.41) is 3.18. The molecule has 0 aliphatic heterocycles. The number of benzene rings is 1. The standard InChI is InChI=1S/C22H27N3O/c1-3-5-13-18(4-2)22(26)24-21-19(16-17-11-7-6-8-12-17)23-20-14-9-10-15-25(20)21/h6-12,14-15,18H,3-5,13,16H2,1-2H3,(H,24,26)/t18-/m1/s1. The first-order valence-corrected chi connectivity index (χ1v) is 9.53. The van der Waals surface area contributed by atoms with Gasteiger partial charge in [-0.1, -0.05) is 63.1 Å². The van der Waals surface area contributed by atoms with Crippen LogP contribution >= 0.6 is 0 Å². The topological polar surface area (TPSA) is 46.4 Å². The van der Waals surface area contributed by atoms with Gasteiger partial charge in [-0.25, -0.2) is 4.98 Å². The molecule has 0 fully saturated rings. The summed E-state index contributed by atoms with van der Waals surface area (Å²) in [5.41, 5.74) is 2.95. The third kappa shape index (κ3) is 4.13. The van der Waals surface area contributed by atoms with Crippen molar-refractivity contribution in [2.24, 2.45) is 5.92 Å². The molecule has 2 heterocycles. The van der Waals surface area contributed by atoms with Gasteiger partial charge in [0.05, 0.1) is 5.69 Å². The van der Waals surface area contributed by atoms with E-state index in [1.807, 2.05) is 47.0 Å². The lowest BCUT2D eigenvalue weighted by Crippen LogP contribution is -2.23. The van der Waals surface area contributed by atoms with Crippen molar-refractivity contribution in [1.29, 1.82) is 0 Å². The Hall–Kier alpha value is -2.62. The van der Waals surface area contributed by atoms with E-state index in [9.17, 15) is 4.79 Å². The molecule has 1 amide bonds. The maximum absolute atomic E-state index is 12.8. The van der Waals surface area contributed by atoms with E-state index >= 15 is 0 Å². The second kappa shape index (κ2) is 8.65. The number of nitrogens with zero attached hydrogens (tertiary/aromatic N) is 2. The summed E-state index contributed by atoms with van der Waals surface area (Å²) < 4.78 is 1.97. The Morgan fingerprint density at radius 2 is 1.88 bits per heavy atom. The SMILES string of the molecule is CCCC[C@@H](CC)C(=O)Nc1c(Cc2ccccc2)nc2ccccn12. The molecule has 1 N–H and O–H groups in total. The monoisotopic (exact) mass is 349 g/mol. The number of carbonyl (C=O) groups excluding carboxylic acids is 1. The van der Waals surface area contributed by atoms with Crippen molar-refractivity contribution in [3.8, 4) is 0 Å². The summed E-state index contributed by atoms with van der Waals surface area (Å²) >= 11 is 0. The van der Waals surface area contributed by atoms with Gasteiger partial charge in [0, 0.05) is 18.5 Å². The maximum atomic E-state index is 12.8. The highest BCUT2D eigenvalue weighted by atomic mass is 16.2. The lowest BCUT2D eigenvalue weighted by atomic mass is 9.98. The van der Waals surface area contributed by atoms with Gasteiger partial charge >= 0.3 is 0 Å². The van der Waals surface area contributed by atoms with Gasteiger partial charge in [-0.2, -0.15) is 0 Å². The number of rotatable bonds is 8. The number of imidazole rings is 1. The van der Waals surface area contributed by atoms with E-state index in [2.05, 4.69) is 31.3 Å². The van der Waals surface area contributed by atoms with Gasteiger partial charge < -0.3 is 5.32 Å². The molecule has 0 aliphatic rings. The van der Waals surface area contributed by atoms with Crippen molar-refractivity contribution in [3.05, 3.63) is 66.0 Å². The Bertz CT molecular complexity index is 854. The third-order valence-corrected chi connectivity index (χ3v) is 4.83. The normalized spacial score (nSPS) is 12.2. The van der Waals surface area contributed by atoms with Crippen molar-refractivity contribution in [2.45, 2.75) is 46.0 Å². The van der Waals surface area contributed by atoms with Crippen LogP contribution in [0.5, 0.6) is 0 Å². The number of aromatic nitrogens is 2. The van der Waals surface area contributed by atoms with Crippen LogP contribution in [0.1, 0.15) is 50.8 Å². The Morgan fingerprint density at radius 3 is 2.62 bits per heavy atom. The average molecular weight is 349 g/mol.